The zero-order chi connectivity index (χ0) is 10.2. The van der Waals surface area contributed by atoms with Crippen molar-refractivity contribution in [1.82, 2.24) is 0 Å². The van der Waals surface area contributed by atoms with Gasteiger partial charge in [-0.05, 0) is 55.3 Å². The summed E-state index contributed by atoms with van der Waals surface area (Å²) < 4.78 is 0. The van der Waals surface area contributed by atoms with Crippen LogP contribution in [-0.2, 0) is 4.79 Å². The Hall–Kier alpha value is -0.330. The lowest BCUT2D eigenvalue weighted by molar-refractivity contribution is -0.109. The molecule has 0 aromatic heterocycles. The van der Waals surface area contributed by atoms with Gasteiger partial charge in [0.2, 0.25) is 0 Å². The summed E-state index contributed by atoms with van der Waals surface area (Å²) in [5.74, 6) is 2.58. The third-order valence-corrected chi connectivity index (χ3v) is 4.69. The van der Waals surface area contributed by atoms with Gasteiger partial charge >= 0.3 is 0 Å². The average Bonchev–Trinajstić information content (AvgIpc) is 2.44. The summed E-state index contributed by atoms with van der Waals surface area (Å²) in [6.07, 6.45) is 8.76. The lowest BCUT2D eigenvalue weighted by atomic mass is 9.67. The van der Waals surface area contributed by atoms with E-state index in [0.717, 1.165) is 24.5 Å². The van der Waals surface area contributed by atoms with Crippen molar-refractivity contribution in [3.8, 4) is 0 Å². The first-order valence-corrected chi connectivity index (χ1v) is 6.07. The van der Waals surface area contributed by atoms with Gasteiger partial charge in [0.15, 0.2) is 0 Å². The zero-order valence-electron chi connectivity index (χ0n) is 9.46. The number of aldehydes is 1. The van der Waals surface area contributed by atoms with Gasteiger partial charge in [-0.3, -0.25) is 0 Å². The average molecular weight is 194 g/mol. The van der Waals surface area contributed by atoms with E-state index < -0.39 is 0 Å². The summed E-state index contributed by atoms with van der Waals surface area (Å²) >= 11 is 0. The third-order valence-electron chi connectivity index (χ3n) is 4.69. The Balaban J connectivity index is 2.01. The van der Waals surface area contributed by atoms with E-state index in [-0.39, 0.29) is 0 Å². The topological polar surface area (TPSA) is 17.1 Å². The summed E-state index contributed by atoms with van der Waals surface area (Å²) in [5.41, 5.74) is 0.548. The lowest BCUT2D eigenvalue weighted by Crippen LogP contribution is -2.29. The van der Waals surface area contributed by atoms with Crippen LogP contribution in [0.15, 0.2) is 0 Å². The van der Waals surface area contributed by atoms with Gasteiger partial charge in [-0.15, -0.1) is 0 Å². The third kappa shape index (κ3) is 1.74. The molecule has 0 heterocycles. The predicted octanol–water partition coefficient (Wildman–Crippen LogP) is 3.43. The van der Waals surface area contributed by atoms with E-state index in [2.05, 4.69) is 13.8 Å². The molecule has 2 rings (SSSR count). The molecular weight excluding hydrogens is 172 g/mol. The molecule has 0 aromatic rings. The maximum absolute atomic E-state index is 10.5. The van der Waals surface area contributed by atoms with Crippen LogP contribution < -0.4 is 0 Å². The molecule has 1 heteroatoms. The lowest BCUT2D eigenvalue weighted by Gasteiger charge is -2.37. The largest absolute Gasteiger partial charge is 0.303 e. The van der Waals surface area contributed by atoms with Crippen molar-refractivity contribution < 1.29 is 4.79 Å². The Morgan fingerprint density at radius 1 is 1.29 bits per heavy atom. The molecule has 1 nitrogen and oxygen atoms in total. The molecule has 2 saturated carbocycles. The SMILES string of the molecule is CC1(C)CCC2CCC(CC=O)CC21. The summed E-state index contributed by atoms with van der Waals surface area (Å²) in [7, 11) is 0. The predicted molar refractivity (Wildman–Crippen MR) is 58.0 cm³/mol. The molecule has 80 valence electrons. The van der Waals surface area contributed by atoms with Crippen LogP contribution in [-0.4, -0.2) is 6.29 Å². The van der Waals surface area contributed by atoms with Crippen LogP contribution in [0.25, 0.3) is 0 Å². The van der Waals surface area contributed by atoms with E-state index in [0.29, 0.717) is 11.3 Å². The molecule has 0 aliphatic heterocycles. The number of carbonyl (C=O) groups is 1. The number of carbonyl (C=O) groups excluding carboxylic acids is 1. The van der Waals surface area contributed by atoms with Gasteiger partial charge < -0.3 is 4.79 Å². The summed E-state index contributed by atoms with van der Waals surface area (Å²) in [6, 6.07) is 0. The van der Waals surface area contributed by atoms with Gasteiger partial charge in [0.1, 0.15) is 6.29 Å². The van der Waals surface area contributed by atoms with Crippen LogP contribution in [0.2, 0.25) is 0 Å². The second kappa shape index (κ2) is 3.67. The van der Waals surface area contributed by atoms with Crippen LogP contribution in [0.5, 0.6) is 0 Å². The van der Waals surface area contributed by atoms with Crippen molar-refractivity contribution in [1.29, 1.82) is 0 Å². The quantitative estimate of drug-likeness (QED) is 0.615. The monoisotopic (exact) mass is 194 g/mol. The van der Waals surface area contributed by atoms with Gasteiger partial charge in [-0.1, -0.05) is 13.8 Å². The van der Waals surface area contributed by atoms with Gasteiger partial charge in [0.25, 0.3) is 0 Å². The fourth-order valence-electron chi connectivity index (χ4n) is 3.72. The number of fused-ring (bicyclic) bond motifs is 1. The fourth-order valence-corrected chi connectivity index (χ4v) is 3.72. The first-order chi connectivity index (χ1) is 6.63. The second-order valence-electron chi connectivity index (χ2n) is 5.98. The zero-order valence-corrected chi connectivity index (χ0v) is 9.46. The van der Waals surface area contributed by atoms with E-state index >= 15 is 0 Å². The van der Waals surface area contributed by atoms with Crippen molar-refractivity contribution in [3.63, 3.8) is 0 Å². The highest BCUT2D eigenvalue weighted by molar-refractivity contribution is 5.49. The molecule has 0 saturated heterocycles. The van der Waals surface area contributed by atoms with Crippen molar-refractivity contribution >= 4 is 6.29 Å². The summed E-state index contributed by atoms with van der Waals surface area (Å²) in [6.45, 7) is 4.84. The molecular formula is C13H22O. The fraction of sp³-hybridized carbons (Fsp3) is 0.923. The van der Waals surface area contributed by atoms with Crippen molar-refractivity contribution in [2.75, 3.05) is 0 Å². The minimum atomic E-state index is 0.548. The second-order valence-corrected chi connectivity index (χ2v) is 5.98. The Morgan fingerprint density at radius 3 is 2.79 bits per heavy atom. The minimum Gasteiger partial charge on any atom is -0.303 e. The van der Waals surface area contributed by atoms with E-state index in [4.69, 9.17) is 0 Å². The van der Waals surface area contributed by atoms with Crippen molar-refractivity contribution in [3.05, 3.63) is 0 Å². The highest BCUT2D eigenvalue weighted by atomic mass is 16.1. The van der Waals surface area contributed by atoms with E-state index in [1.165, 1.54) is 32.1 Å². The molecule has 0 bridgehead atoms. The van der Waals surface area contributed by atoms with Gasteiger partial charge in [-0.25, -0.2) is 0 Å². The maximum Gasteiger partial charge on any atom is 0.120 e. The first kappa shape index (κ1) is 10.2. The molecule has 2 fully saturated rings. The van der Waals surface area contributed by atoms with Crippen molar-refractivity contribution in [2.24, 2.45) is 23.2 Å². The summed E-state index contributed by atoms with van der Waals surface area (Å²) in [5, 5.41) is 0. The number of rotatable bonds is 2. The van der Waals surface area contributed by atoms with Crippen LogP contribution >= 0.6 is 0 Å². The molecule has 14 heavy (non-hydrogen) atoms. The normalized spacial score (nSPS) is 40.6. The van der Waals surface area contributed by atoms with Crippen LogP contribution in [0, 0.1) is 23.2 Å². The molecule has 3 unspecified atom stereocenters. The molecule has 0 N–H and O–H groups in total. The van der Waals surface area contributed by atoms with E-state index in [1.807, 2.05) is 0 Å². The van der Waals surface area contributed by atoms with Crippen LogP contribution in [0.1, 0.15) is 52.4 Å². The molecule has 3 atom stereocenters. The molecule has 0 aromatic carbocycles. The van der Waals surface area contributed by atoms with Gasteiger partial charge in [0.05, 0.1) is 0 Å². The molecule has 0 spiro atoms. The standard InChI is InChI=1S/C13H22O/c1-13(2)7-5-11-4-3-10(6-8-14)9-12(11)13/h8,10-12H,3-7,9H2,1-2H3. The Bertz CT molecular complexity index is 219. The van der Waals surface area contributed by atoms with E-state index in [9.17, 15) is 4.79 Å². The Morgan fingerprint density at radius 2 is 2.07 bits per heavy atom. The smallest absolute Gasteiger partial charge is 0.120 e. The Labute approximate surface area is 87.3 Å². The Kier molecular flexibility index (Phi) is 2.68. The molecule has 0 radical (unpaired) electrons. The number of hydrogen-bond acceptors (Lipinski definition) is 1. The van der Waals surface area contributed by atoms with Crippen molar-refractivity contribution in [2.45, 2.75) is 52.4 Å². The van der Waals surface area contributed by atoms with E-state index in [1.54, 1.807) is 0 Å². The van der Waals surface area contributed by atoms with Crippen LogP contribution in [0.3, 0.4) is 0 Å². The first-order valence-electron chi connectivity index (χ1n) is 6.07. The minimum absolute atomic E-state index is 0.548. The highest BCUT2D eigenvalue weighted by Crippen LogP contribution is 2.54. The molecule has 2 aliphatic carbocycles. The van der Waals surface area contributed by atoms with Gasteiger partial charge in [-0.2, -0.15) is 0 Å². The highest BCUT2D eigenvalue weighted by Gasteiger charge is 2.44. The summed E-state index contributed by atoms with van der Waals surface area (Å²) in [4.78, 5) is 10.5. The molecule has 0 amide bonds. The number of hydrogen-bond donors (Lipinski definition) is 0. The maximum atomic E-state index is 10.5. The van der Waals surface area contributed by atoms with Gasteiger partial charge in [0, 0.05) is 6.42 Å². The molecule has 2 aliphatic rings. The van der Waals surface area contributed by atoms with Crippen LogP contribution in [0.4, 0.5) is 0 Å².